The number of hydrogen-bond acceptors (Lipinski definition) is 4. The van der Waals surface area contributed by atoms with Gasteiger partial charge in [-0.3, -0.25) is 4.68 Å². The zero-order valence-corrected chi connectivity index (χ0v) is 11.9. The van der Waals surface area contributed by atoms with Crippen LogP contribution in [0.3, 0.4) is 0 Å². The smallest absolute Gasteiger partial charge is 0.243 e. The summed E-state index contributed by atoms with van der Waals surface area (Å²) in [6.07, 6.45) is 2.04. The third-order valence-corrected chi connectivity index (χ3v) is 4.05. The molecule has 7 heteroatoms. The lowest BCUT2D eigenvalue weighted by Crippen LogP contribution is -2.30. The molecule has 0 saturated heterocycles. The third kappa shape index (κ3) is 3.89. The van der Waals surface area contributed by atoms with E-state index in [1.165, 1.54) is 19.3 Å². The van der Waals surface area contributed by atoms with Crippen molar-refractivity contribution in [3.05, 3.63) is 48.3 Å². The summed E-state index contributed by atoms with van der Waals surface area (Å²) >= 11 is 0. The molecule has 2 rings (SSSR count). The zero-order chi connectivity index (χ0) is 14.6. The van der Waals surface area contributed by atoms with E-state index >= 15 is 0 Å². The summed E-state index contributed by atoms with van der Waals surface area (Å²) in [6, 6.07) is 9.65. The van der Waals surface area contributed by atoms with Gasteiger partial charge in [-0.15, -0.1) is 0 Å². The lowest BCUT2D eigenvalue weighted by molar-refractivity contribution is 0.198. The zero-order valence-electron chi connectivity index (χ0n) is 11.1. The Morgan fingerprint density at radius 2 is 2.05 bits per heavy atom. The molecule has 0 spiro atoms. The molecule has 1 aromatic carbocycles. The summed E-state index contributed by atoms with van der Waals surface area (Å²) in [7, 11) is -3.62. The molecule has 2 N–H and O–H groups in total. The summed E-state index contributed by atoms with van der Waals surface area (Å²) in [5.41, 5.74) is 1.04. The first-order valence-corrected chi connectivity index (χ1v) is 7.70. The van der Waals surface area contributed by atoms with Crippen molar-refractivity contribution in [2.24, 2.45) is 0 Å². The van der Waals surface area contributed by atoms with Crippen molar-refractivity contribution in [3.63, 3.8) is 0 Å². The first kappa shape index (κ1) is 14.7. The van der Waals surface area contributed by atoms with Gasteiger partial charge < -0.3 is 5.11 Å². The number of nitrogens with zero attached hydrogens (tertiary/aromatic N) is 2. The number of hydrogen-bond donors (Lipinski definition) is 2. The normalized spacial score (nSPS) is 13.3. The minimum absolute atomic E-state index is 0.0216. The molecule has 108 valence electrons. The Morgan fingerprint density at radius 3 is 2.70 bits per heavy atom. The van der Waals surface area contributed by atoms with Crippen molar-refractivity contribution in [1.29, 1.82) is 0 Å². The fraction of sp³-hybridized carbons (Fsp3) is 0.308. The van der Waals surface area contributed by atoms with Gasteiger partial charge in [-0.2, -0.15) is 5.10 Å². The SMILES string of the molecule is CC(O)CNS(=O)(=O)c1cnn(Cc2ccccc2)c1. The summed E-state index contributed by atoms with van der Waals surface area (Å²) < 4.78 is 27.7. The van der Waals surface area contributed by atoms with Crippen LogP contribution in [0.25, 0.3) is 0 Å². The van der Waals surface area contributed by atoms with Gasteiger partial charge >= 0.3 is 0 Å². The topological polar surface area (TPSA) is 84.2 Å². The highest BCUT2D eigenvalue weighted by Gasteiger charge is 2.16. The standard InChI is InChI=1S/C13H17N3O3S/c1-11(17)7-15-20(18,19)13-8-14-16(10-13)9-12-5-3-2-4-6-12/h2-6,8,10-11,15,17H,7,9H2,1H3. The van der Waals surface area contributed by atoms with Crippen LogP contribution >= 0.6 is 0 Å². The van der Waals surface area contributed by atoms with Gasteiger partial charge in [0.2, 0.25) is 10.0 Å². The fourth-order valence-corrected chi connectivity index (χ4v) is 2.73. The van der Waals surface area contributed by atoms with E-state index in [4.69, 9.17) is 5.11 Å². The van der Waals surface area contributed by atoms with E-state index in [1.807, 2.05) is 30.3 Å². The average Bonchev–Trinajstić information content (AvgIpc) is 2.87. The number of nitrogens with one attached hydrogen (secondary N) is 1. The molecular formula is C13H17N3O3S. The Balaban J connectivity index is 2.09. The Hall–Kier alpha value is -1.70. The molecule has 0 aliphatic heterocycles. The highest BCUT2D eigenvalue weighted by Crippen LogP contribution is 2.09. The van der Waals surface area contributed by atoms with Crippen molar-refractivity contribution in [1.82, 2.24) is 14.5 Å². The summed E-state index contributed by atoms with van der Waals surface area (Å²) in [5, 5.41) is 13.2. The van der Waals surface area contributed by atoms with E-state index in [1.54, 1.807) is 4.68 Å². The van der Waals surface area contributed by atoms with Crippen LogP contribution in [0.5, 0.6) is 0 Å². The lowest BCUT2D eigenvalue weighted by Gasteiger charge is -2.06. The van der Waals surface area contributed by atoms with Crippen molar-refractivity contribution in [2.75, 3.05) is 6.54 Å². The Morgan fingerprint density at radius 1 is 1.35 bits per heavy atom. The molecule has 2 aromatic rings. The molecule has 0 bridgehead atoms. The van der Waals surface area contributed by atoms with E-state index in [0.29, 0.717) is 6.54 Å². The van der Waals surface area contributed by atoms with Crippen LogP contribution in [-0.2, 0) is 16.6 Å². The van der Waals surface area contributed by atoms with Crippen molar-refractivity contribution in [3.8, 4) is 0 Å². The van der Waals surface area contributed by atoms with Gasteiger partial charge in [-0.1, -0.05) is 30.3 Å². The quantitative estimate of drug-likeness (QED) is 0.817. The second-order valence-electron chi connectivity index (χ2n) is 4.56. The van der Waals surface area contributed by atoms with Gasteiger partial charge in [0.15, 0.2) is 0 Å². The van der Waals surface area contributed by atoms with Crippen LogP contribution in [0.4, 0.5) is 0 Å². The summed E-state index contributed by atoms with van der Waals surface area (Å²) in [4.78, 5) is 0.0917. The minimum Gasteiger partial charge on any atom is -0.392 e. The van der Waals surface area contributed by atoms with E-state index < -0.39 is 16.1 Å². The van der Waals surface area contributed by atoms with Crippen molar-refractivity contribution < 1.29 is 13.5 Å². The first-order valence-electron chi connectivity index (χ1n) is 6.21. The molecule has 0 saturated carbocycles. The molecule has 6 nitrogen and oxygen atoms in total. The van der Waals surface area contributed by atoms with Crippen LogP contribution in [0.2, 0.25) is 0 Å². The molecule has 1 heterocycles. The van der Waals surface area contributed by atoms with Gasteiger partial charge in [0.05, 0.1) is 18.8 Å². The number of aliphatic hydroxyl groups is 1. The second kappa shape index (κ2) is 6.17. The number of aliphatic hydroxyl groups excluding tert-OH is 1. The molecule has 20 heavy (non-hydrogen) atoms. The van der Waals surface area contributed by atoms with Crippen LogP contribution in [0.15, 0.2) is 47.6 Å². The lowest BCUT2D eigenvalue weighted by atomic mass is 10.2. The third-order valence-electron chi connectivity index (χ3n) is 2.68. The number of rotatable bonds is 6. The molecule has 0 aliphatic rings. The predicted octanol–water partition coefficient (Wildman–Crippen LogP) is 0.590. The molecule has 0 radical (unpaired) electrons. The molecule has 0 fully saturated rings. The van der Waals surface area contributed by atoms with E-state index in [0.717, 1.165) is 5.56 Å². The first-order chi connectivity index (χ1) is 9.47. The maximum absolute atomic E-state index is 11.9. The minimum atomic E-state index is -3.62. The number of benzene rings is 1. The molecule has 1 atom stereocenters. The van der Waals surface area contributed by atoms with E-state index in [9.17, 15) is 8.42 Å². The molecule has 0 aliphatic carbocycles. The Labute approximate surface area is 118 Å². The van der Waals surface area contributed by atoms with Crippen LogP contribution in [0.1, 0.15) is 12.5 Å². The van der Waals surface area contributed by atoms with Crippen molar-refractivity contribution >= 4 is 10.0 Å². The van der Waals surface area contributed by atoms with Crippen LogP contribution in [0, 0.1) is 0 Å². The fourth-order valence-electron chi connectivity index (χ4n) is 1.65. The largest absolute Gasteiger partial charge is 0.392 e. The summed E-state index contributed by atoms with van der Waals surface area (Å²) in [6.45, 7) is 2.00. The Kier molecular flexibility index (Phi) is 4.53. The predicted molar refractivity (Wildman–Crippen MR) is 74.6 cm³/mol. The number of aromatic nitrogens is 2. The van der Waals surface area contributed by atoms with Crippen LogP contribution in [-0.4, -0.2) is 36.0 Å². The molecule has 1 aromatic heterocycles. The monoisotopic (exact) mass is 295 g/mol. The van der Waals surface area contributed by atoms with E-state index in [2.05, 4.69) is 9.82 Å². The highest BCUT2D eigenvalue weighted by molar-refractivity contribution is 7.89. The maximum atomic E-state index is 11.9. The van der Waals surface area contributed by atoms with Gasteiger partial charge in [-0.05, 0) is 12.5 Å². The maximum Gasteiger partial charge on any atom is 0.243 e. The highest BCUT2D eigenvalue weighted by atomic mass is 32.2. The Bertz CT molecular complexity index is 651. The average molecular weight is 295 g/mol. The van der Waals surface area contributed by atoms with Crippen LogP contribution < -0.4 is 4.72 Å². The van der Waals surface area contributed by atoms with Crippen molar-refractivity contribution in [2.45, 2.75) is 24.5 Å². The molecule has 0 amide bonds. The van der Waals surface area contributed by atoms with Gasteiger partial charge in [0, 0.05) is 12.7 Å². The second-order valence-corrected chi connectivity index (χ2v) is 6.33. The van der Waals surface area contributed by atoms with Gasteiger partial charge in [-0.25, -0.2) is 13.1 Å². The van der Waals surface area contributed by atoms with E-state index in [-0.39, 0.29) is 11.4 Å². The van der Waals surface area contributed by atoms with Gasteiger partial charge in [0.25, 0.3) is 0 Å². The summed E-state index contributed by atoms with van der Waals surface area (Å²) in [5.74, 6) is 0. The molecular weight excluding hydrogens is 278 g/mol. The molecule has 1 unspecified atom stereocenters. The van der Waals surface area contributed by atoms with Gasteiger partial charge in [0.1, 0.15) is 4.90 Å². The number of sulfonamides is 1.